The molecule has 0 bridgehead atoms. The number of rotatable bonds is 2. The number of nitrogens with zero attached hydrogens (tertiary/aromatic N) is 2. The van der Waals surface area contributed by atoms with E-state index in [4.69, 9.17) is 4.74 Å². The number of hydrogen-bond acceptors (Lipinski definition) is 2. The summed E-state index contributed by atoms with van der Waals surface area (Å²) in [5.41, 5.74) is 2.34. The molecule has 1 aliphatic rings. The average molecular weight is 258 g/mol. The van der Waals surface area contributed by atoms with Crippen LogP contribution in [0.5, 0.6) is 0 Å². The minimum atomic E-state index is 0.169. The maximum atomic E-state index is 12.2. The van der Waals surface area contributed by atoms with Crippen LogP contribution in [0.3, 0.4) is 0 Å². The highest BCUT2D eigenvalue weighted by atomic mass is 16.5. The highest BCUT2D eigenvalue weighted by molar-refractivity contribution is 5.83. The molecule has 4 nitrogen and oxygen atoms in total. The van der Waals surface area contributed by atoms with E-state index in [9.17, 15) is 4.79 Å². The van der Waals surface area contributed by atoms with Crippen LogP contribution in [0.15, 0.2) is 30.5 Å². The van der Waals surface area contributed by atoms with Crippen molar-refractivity contribution < 1.29 is 9.53 Å². The number of carbonyl (C=O) groups excluding carboxylic acids is 1. The molecule has 1 amide bonds. The zero-order valence-corrected chi connectivity index (χ0v) is 11.1. The molecule has 0 spiro atoms. The molecular weight excluding hydrogens is 240 g/mol. The number of aromatic nitrogens is 1. The van der Waals surface area contributed by atoms with Crippen LogP contribution in [0.1, 0.15) is 5.56 Å². The molecule has 1 aliphatic heterocycles. The maximum absolute atomic E-state index is 12.2. The Kier molecular flexibility index (Phi) is 3.25. The van der Waals surface area contributed by atoms with Crippen molar-refractivity contribution in [1.29, 1.82) is 0 Å². The van der Waals surface area contributed by atoms with Crippen molar-refractivity contribution in [2.45, 2.75) is 13.5 Å². The van der Waals surface area contributed by atoms with Crippen LogP contribution in [0.4, 0.5) is 0 Å². The molecule has 19 heavy (non-hydrogen) atoms. The van der Waals surface area contributed by atoms with E-state index in [1.807, 2.05) is 15.7 Å². The Balaban J connectivity index is 1.80. The lowest BCUT2D eigenvalue weighted by molar-refractivity contribution is -0.135. The average Bonchev–Trinajstić information content (AvgIpc) is 2.82. The van der Waals surface area contributed by atoms with Gasteiger partial charge >= 0.3 is 0 Å². The minimum absolute atomic E-state index is 0.169. The van der Waals surface area contributed by atoms with Gasteiger partial charge in [0.1, 0.15) is 6.54 Å². The maximum Gasteiger partial charge on any atom is 0.242 e. The van der Waals surface area contributed by atoms with Gasteiger partial charge in [0.25, 0.3) is 0 Å². The Bertz CT molecular complexity index is 597. The van der Waals surface area contributed by atoms with Gasteiger partial charge in [-0.2, -0.15) is 0 Å². The summed E-state index contributed by atoms with van der Waals surface area (Å²) >= 11 is 0. The Morgan fingerprint density at radius 3 is 2.84 bits per heavy atom. The standard InChI is InChI=1S/C15H18N2O2/c1-12-2-3-13-4-5-17(14(13)10-12)11-15(18)16-6-8-19-9-7-16/h2-5,10H,6-9,11H2,1H3. The third-order valence-corrected chi connectivity index (χ3v) is 3.60. The molecule has 1 fully saturated rings. The summed E-state index contributed by atoms with van der Waals surface area (Å²) in [6, 6.07) is 8.38. The Morgan fingerprint density at radius 2 is 2.05 bits per heavy atom. The second-order valence-corrected chi connectivity index (χ2v) is 5.00. The van der Waals surface area contributed by atoms with Crippen molar-refractivity contribution in [3.63, 3.8) is 0 Å². The van der Waals surface area contributed by atoms with Gasteiger partial charge in [0.05, 0.1) is 13.2 Å². The molecule has 2 heterocycles. The zero-order chi connectivity index (χ0) is 13.2. The lowest BCUT2D eigenvalue weighted by Crippen LogP contribution is -2.42. The first-order chi connectivity index (χ1) is 9.24. The second kappa shape index (κ2) is 5.05. The van der Waals surface area contributed by atoms with E-state index in [0.717, 1.165) is 5.52 Å². The number of aryl methyl sites for hydroxylation is 1. The van der Waals surface area contributed by atoms with E-state index in [2.05, 4.69) is 31.2 Å². The summed E-state index contributed by atoms with van der Waals surface area (Å²) in [7, 11) is 0. The van der Waals surface area contributed by atoms with Crippen molar-refractivity contribution in [1.82, 2.24) is 9.47 Å². The summed E-state index contributed by atoms with van der Waals surface area (Å²) in [6.07, 6.45) is 1.99. The van der Waals surface area contributed by atoms with Gasteiger partial charge in [-0.3, -0.25) is 4.79 Å². The van der Waals surface area contributed by atoms with Crippen molar-refractivity contribution in [3.8, 4) is 0 Å². The van der Waals surface area contributed by atoms with Crippen LogP contribution in [0.2, 0.25) is 0 Å². The van der Waals surface area contributed by atoms with Gasteiger partial charge in [0.15, 0.2) is 0 Å². The van der Waals surface area contributed by atoms with E-state index in [1.165, 1.54) is 10.9 Å². The van der Waals surface area contributed by atoms with Crippen LogP contribution < -0.4 is 0 Å². The molecule has 0 atom stereocenters. The number of benzene rings is 1. The number of amides is 1. The highest BCUT2D eigenvalue weighted by Gasteiger charge is 2.17. The summed E-state index contributed by atoms with van der Waals surface area (Å²) < 4.78 is 7.30. The number of fused-ring (bicyclic) bond motifs is 1. The predicted octanol–water partition coefficient (Wildman–Crippen LogP) is 1.81. The normalized spacial score (nSPS) is 15.9. The molecule has 0 aliphatic carbocycles. The fourth-order valence-corrected chi connectivity index (χ4v) is 2.49. The van der Waals surface area contributed by atoms with E-state index < -0.39 is 0 Å². The molecule has 0 saturated carbocycles. The quantitative estimate of drug-likeness (QED) is 0.823. The monoisotopic (exact) mass is 258 g/mol. The van der Waals surface area contributed by atoms with E-state index in [1.54, 1.807) is 0 Å². The lowest BCUT2D eigenvalue weighted by Gasteiger charge is -2.27. The molecule has 0 unspecified atom stereocenters. The Morgan fingerprint density at radius 1 is 1.26 bits per heavy atom. The van der Waals surface area contributed by atoms with Crippen molar-refractivity contribution in [3.05, 3.63) is 36.0 Å². The number of hydrogen-bond donors (Lipinski definition) is 0. The zero-order valence-electron chi connectivity index (χ0n) is 11.1. The minimum Gasteiger partial charge on any atom is -0.378 e. The van der Waals surface area contributed by atoms with E-state index in [-0.39, 0.29) is 5.91 Å². The first kappa shape index (κ1) is 12.2. The van der Waals surface area contributed by atoms with Crippen LogP contribution in [0, 0.1) is 6.92 Å². The first-order valence-corrected chi connectivity index (χ1v) is 6.65. The molecule has 1 saturated heterocycles. The third-order valence-electron chi connectivity index (χ3n) is 3.60. The van der Waals surface area contributed by atoms with Gasteiger partial charge in [-0.15, -0.1) is 0 Å². The van der Waals surface area contributed by atoms with E-state index >= 15 is 0 Å². The fraction of sp³-hybridized carbons (Fsp3) is 0.400. The van der Waals surface area contributed by atoms with Gasteiger partial charge in [-0.05, 0) is 30.0 Å². The van der Waals surface area contributed by atoms with Gasteiger partial charge < -0.3 is 14.2 Å². The van der Waals surface area contributed by atoms with Crippen LogP contribution in [0.25, 0.3) is 10.9 Å². The van der Waals surface area contributed by atoms with Gasteiger partial charge in [-0.25, -0.2) is 0 Å². The summed E-state index contributed by atoms with van der Waals surface area (Å²) in [4.78, 5) is 14.1. The second-order valence-electron chi connectivity index (χ2n) is 5.00. The number of carbonyl (C=O) groups is 1. The van der Waals surface area contributed by atoms with Crippen molar-refractivity contribution in [2.75, 3.05) is 26.3 Å². The Hall–Kier alpha value is -1.81. The van der Waals surface area contributed by atoms with Crippen LogP contribution >= 0.6 is 0 Å². The SMILES string of the molecule is Cc1ccc2ccn(CC(=O)N3CCOCC3)c2c1. The molecule has 1 aromatic heterocycles. The summed E-state index contributed by atoms with van der Waals surface area (Å²) in [5.74, 6) is 0.169. The number of ether oxygens (including phenoxy) is 1. The summed E-state index contributed by atoms with van der Waals surface area (Å²) in [6.45, 7) is 5.19. The Labute approximate surface area is 112 Å². The van der Waals surface area contributed by atoms with Crippen LogP contribution in [-0.4, -0.2) is 41.7 Å². The number of morpholine rings is 1. The molecule has 2 aromatic rings. The van der Waals surface area contributed by atoms with E-state index in [0.29, 0.717) is 32.8 Å². The highest BCUT2D eigenvalue weighted by Crippen LogP contribution is 2.17. The fourth-order valence-electron chi connectivity index (χ4n) is 2.49. The van der Waals surface area contributed by atoms with Crippen molar-refractivity contribution >= 4 is 16.8 Å². The van der Waals surface area contributed by atoms with Crippen LogP contribution in [-0.2, 0) is 16.1 Å². The molecule has 3 rings (SSSR count). The smallest absolute Gasteiger partial charge is 0.242 e. The molecular formula is C15H18N2O2. The first-order valence-electron chi connectivity index (χ1n) is 6.65. The van der Waals surface area contributed by atoms with Gasteiger partial charge in [-0.1, -0.05) is 12.1 Å². The molecule has 1 aromatic carbocycles. The third kappa shape index (κ3) is 2.49. The lowest BCUT2D eigenvalue weighted by atomic mass is 10.2. The summed E-state index contributed by atoms with van der Waals surface area (Å²) in [5, 5.41) is 1.18. The van der Waals surface area contributed by atoms with Crippen molar-refractivity contribution in [2.24, 2.45) is 0 Å². The molecule has 0 radical (unpaired) electrons. The van der Waals surface area contributed by atoms with Gasteiger partial charge in [0, 0.05) is 24.8 Å². The molecule has 4 heteroatoms. The topological polar surface area (TPSA) is 34.5 Å². The molecule has 0 N–H and O–H groups in total. The van der Waals surface area contributed by atoms with Gasteiger partial charge in [0.2, 0.25) is 5.91 Å². The largest absolute Gasteiger partial charge is 0.378 e. The predicted molar refractivity (Wildman–Crippen MR) is 74.1 cm³/mol. The molecule has 100 valence electrons.